The highest BCUT2D eigenvalue weighted by molar-refractivity contribution is 6.33. The topological polar surface area (TPSA) is 46.3 Å². The largest absolute Gasteiger partial charge is 0.342 e. The highest BCUT2D eigenvalue weighted by Gasteiger charge is 2.23. The Balaban J connectivity index is 1.88. The number of hydrogen-bond acceptors (Lipinski definition) is 4. The number of nitrogens with zero attached hydrogens (tertiary/aromatic N) is 5. The third kappa shape index (κ3) is 2.42. The van der Waals surface area contributed by atoms with Crippen LogP contribution in [0, 0.1) is 0 Å². The third-order valence-electron chi connectivity index (χ3n) is 4.79. The highest BCUT2D eigenvalue weighted by Crippen LogP contribution is 2.33. The normalized spacial score (nSPS) is 14.6. The summed E-state index contributed by atoms with van der Waals surface area (Å²) in [7, 11) is 0. The molecule has 130 valence electrons. The summed E-state index contributed by atoms with van der Waals surface area (Å²) in [6.07, 6.45) is 2.31. The van der Waals surface area contributed by atoms with Crippen LogP contribution in [0.5, 0.6) is 0 Å². The van der Waals surface area contributed by atoms with Crippen LogP contribution in [0.15, 0.2) is 42.5 Å². The van der Waals surface area contributed by atoms with Crippen molar-refractivity contribution in [2.75, 3.05) is 18.0 Å². The van der Waals surface area contributed by atoms with E-state index in [1.807, 2.05) is 46.9 Å². The molecule has 0 unspecified atom stereocenters. The van der Waals surface area contributed by atoms with E-state index < -0.39 is 0 Å². The van der Waals surface area contributed by atoms with Crippen LogP contribution < -0.4 is 4.90 Å². The Morgan fingerprint density at radius 1 is 0.923 bits per heavy atom. The maximum absolute atomic E-state index is 6.43. The van der Waals surface area contributed by atoms with Crippen molar-refractivity contribution < 1.29 is 0 Å². The number of hydrogen-bond donors (Lipinski definition) is 0. The lowest BCUT2D eigenvalue weighted by Gasteiger charge is -2.19. The molecule has 1 aliphatic rings. The molecule has 1 aliphatic heterocycles. The van der Waals surface area contributed by atoms with Gasteiger partial charge in [-0.1, -0.05) is 35.3 Å². The smallest absolute Gasteiger partial charge is 0.213 e. The molecule has 5 nitrogen and oxygen atoms in total. The molecule has 0 spiro atoms. The molecule has 1 saturated heterocycles. The van der Waals surface area contributed by atoms with Crippen LogP contribution in [0.25, 0.3) is 27.9 Å². The molecule has 2 aromatic carbocycles. The van der Waals surface area contributed by atoms with Crippen molar-refractivity contribution in [2.24, 2.45) is 0 Å². The van der Waals surface area contributed by atoms with E-state index in [9.17, 15) is 0 Å². The summed E-state index contributed by atoms with van der Waals surface area (Å²) in [4.78, 5) is 7.19. The second kappa shape index (κ2) is 6.11. The Bertz CT molecular complexity index is 1130. The van der Waals surface area contributed by atoms with Gasteiger partial charge in [0.1, 0.15) is 0 Å². The first-order chi connectivity index (χ1) is 12.7. The molecule has 3 heterocycles. The lowest BCUT2D eigenvalue weighted by molar-refractivity contribution is 0.887. The summed E-state index contributed by atoms with van der Waals surface area (Å²) in [5.74, 6) is 1.55. The molecular weight excluding hydrogens is 369 g/mol. The SMILES string of the molecule is Clc1ccc2c(c1)nc(N1CCCC1)n1c(-c3ccccc3Cl)nnc21. The molecule has 0 bridgehead atoms. The van der Waals surface area contributed by atoms with Crippen molar-refractivity contribution in [1.82, 2.24) is 19.6 Å². The van der Waals surface area contributed by atoms with E-state index in [4.69, 9.17) is 28.2 Å². The summed E-state index contributed by atoms with van der Waals surface area (Å²) in [5, 5.41) is 11.2. The van der Waals surface area contributed by atoms with Gasteiger partial charge in [-0.15, -0.1) is 10.2 Å². The number of aromatic nitrogens is 4. The monoisotopic (exact) mass is 383 g/mol. The van der Waals surface area contributed by atoms with E-state index in [0.717, 1.165) is 54.0 Å². The molecule has 7 heteroatoms. The molecule has 26 heavy (non-hydrogen) atoms. The molecule has 4 aromatic rings. The number of rotatable bonds is 2. The standard InChI is InChI=1S/C19H15Cl2N5/c20-12-7-8-14-16(11-12)22-19(25-9-3-4-10-25)26-17(23-24-18(14)26)13-5-1-2-6-15(13)21/h1-2,5-8,11H,3-4,9-10H2. The zero-order valence-electron chi connectivity index (χ0n) is 13.9. The van der Waals surface area contributed by atoms with Crippen LogP contribution in [-0.2, 0) is 0 Å². The van der Waals surface area contributed by atoms with Gasteiger partial charge < -0.3 is 4.90 Å². The summed E-state index contributed by atoms with van der Waals surface area (Å²) in [5.41, 5.74) is 2.44. The van der Waals surface area contributed by atoms with Crippen LogP contribution in [0.4, 0.5) is 5.95 Å². The Morgan fingerprint density at radius 3 is 2.54 bits per heavy atom. The summed E-state index contributed by atoms with van der Waals surface area (Å²) in [6.45, 7) is 1.93. The number of benzene rings is 2. The quantitative estimate of drug-likeness (QED) is 0.496. The first kappa shape index (κ1) is 15.9. The first-order valence-electron chi connectivity index (χ1n) is 8.56. The highest BCUT2D eigenvalue weighted by atomic mass is 35.5. The van der Waals surface area contributed by atoms with Crippen molar-refractivity contribution in [1.29, 1.82) is 0 Å². The van der Waals surface area contributed by atoms with Gasteiger partial charge in [-0.3, -0.25) is 0 Å². The number of anilines is 1. The molecule has 0 radical (unpaired) electrons. The van der Waals surface area contributed by atoms with E-state index in [1.54, 1.807) is 0 Å². The minimum absolute atomic E-state index is 0.644. The molecule has 1 fully saturated rings. The van der Waals surface area contributed by atoms with Gasteiger partial charge in [-0.25, -0.2) is 9.38 Å². The zero-order valence-corrected chi connectivity index (χ0v) is 15.4. The Kier molecular flexibility index (Phi) is 3.72. The second-order valence-corrected chi connectivity index (χ2v) is 7.27. The molecule has 0 amide bonds. The Morgan fingerprint density at radius 2 is 1.73 bits per heavy atom. The van der Waals surface area contributed by atoms with Gasteiger partial charge in [-0.05, 0) is 43.2 Å². The molecule has 0 N–H and O–H groups in total. The molecule has 0 aliphatic carbocycles. The summed E-state index contributed by atoms with van der Waals surface area (Å²) >= 11 is 12.6. The van der Waals surface area contributed by atoms with Gasteiger partial charge in [0.2, 0.25) is 5.95 Å². The van der Waals surface area contributed by atoms with Crippen molar-refractivity contribution in [3.8, 4) is 11.4 Å². The minimum Gasteiger partial charge on any atom is -0.342 e. The fourth-order valence-corrected chi connectivity index (χ4v) is 3.93. The first-order valence-corrected chi connectivity index (χ1v) is 9.32. The minimum atomic E-state index is 0.644. The maximum atomic E-state index is 6.43. The lowest BCUT2D eigenvalue weighted by Crippen LogP contribution is -2.22. The number of fused-ring (bicyclic) bond motifs is 3. The fourth-order valence-electron chi connectivity index (χ4n) is 3.54. The molecule has 0 atom stereocenters. The van der Waals surface area contributed by atoms with E-state index in [1.165, 1.54) is 0 Å². The Labute approximate surface area is 160 Å². The third-order valence-corrected chi connectivity index (χ3v) is 5.35. The van der Waals surface area contributed by atoms with Crippen LogP contribution in [0.2, 0.25) is 10.0 Å². The van der Waals surface area contributed by atoms with Gasteiger partial charge in [-0.2, -0.15) is 0 Å². The van der Waals surface area contributed by atoms with Crippen LogP contribution >= 0.6 is 23.2 Å². The lowest BCUT2D eigenvalue weighted by atomic mass is 10.2. The predicted octanol–water partition coefficient (Wildman–Crippen LogP) is 4.85. The van der Waals surface area contributed by atoms with E-state index in [0.29, 0.717) is 15.9 Å². The second-order valence-electron chi connectivity index (χ2n) is 6.43. The van der Waals surface area contributed by atoms with Gasteiger partial charge in [0.05, 0.1) is 10.5 Å². The van der Waals surface area contributed by atoms with Crippen LogP contribution in [0.3, 0.4) is 0 Å². The van der Waals surface area contributed by atoms with Gasteiger partial charge >= 0.3 is 0 Å². The van der Waals surface area contributed by atoms with E-state index in [-0.39, 0.29) is 0 Å². The van der Waals surface area contributed by atoms with Crippen molar-refractivity contribution in [3.05, 3.63) is 52.5 Å². The van der Waals surface area contributed by atoms with E-state index >= 15 is 0 Å². The molecule has 5 rings (SSSR count). The molecule has 0 saturated carbocycles. The average molecular weight is 384 g/mol. The zero-order chi connectivity index (χ0) is 17.7. The average Bonchev–Trinajstić information content (AvgIpc) is 3.31. The van der Waals surface area contributed by atoms with Crippen LogP contribution in [-0.4, -0.2) is 32.7 Å². The Hall–Kier alpha value is -2.37. The maximum Gasteiger partial charge on any atom is 0.213 e. The van der Waals surface area contributed by atoms with Gasteiger partial charge in [0, 0.05) is 29.1 Å². The molecule has 2 aromatic heterocycles. The number of halogens is 2. The summed E-state index contributed by atoms with van der Waals surface area (Å²) in [6, 6.07) is 13.3. The van der Waals surface area contributed by atoms with Gasteiger partial charge in [0.25, 0.3) is 0 Å². The van der Waals surface area contributed by atoms with Gasteiger partial charge in [0.15, 0.2) is 11.5 Å². The van der Waals surface area contributed by atoms with Crippen molar-refractivity contribution in [3.63, 3.8) is 0 Å². The summed E-state index contributed by atoms with van der Waals surface area (Å²) < 4.78 is 2.02. The van der Waals surface area contributed by atoms with Crippen molar-refractivity contribution >= 4 is 45.7 Å². The predicted molar refractivity (Wildman–Crippen MR) is 105 cm³/mol. The van der Waals surface area contributed by atoms with Crippen molar-refractivity contribution in [2.45, 2.75) is 12.8 Å². The van der Waals surface area contributed by atoms with E-state index in [2.05, 4.69) is 15.1 Å². The fraction of sp³-hybridized carbons (Fsp3) is 0.211. The van der Waals surface area contributed by atoms with Crippen LogP contribution in [0.1, 0.15) is 12.8 Å². The molecular formula is C19H15Cl2N5.